The van der Waals surface area contributed by atoms with Crippen molar-refractivity contribution in [1.29, 1.82) is 5.26 Å². The van der Waals surface area contributed by atoms with E-state index in [1.54, 1.807) is 18.5 Å². The molecule has 5 nitrogen and oxygen atoms in total. The average Bonchev–Trinajstić information content (AvgIpc) is 2.42. The highest BCUT2D eigenvalue weighted by molar-refractivity contribution is 5.51. The molecule has 0 aliphatic carbocycles. The predicted molar refractivity (Wildman–Crippen MR) is 59.1 cm³/mol. The zero-order valence-electron chi connectivity index (χ0n) is 9.12. The summed E-state index contributed by atoms with van der Waals surface area (Å²) in [5, 5.41) is 8.49. The van der Waals surface area contributed by atoms with Crippen LogP contribution in [0.5, 0.6) is 0 Å². The van der Waals surface area contributed by atoms with E-state index >= 15 is 0 Å². The highest BCUT2D eigenvalue weighted by Gasteiger charge is 2.00. The first kappa shape index (κ1) is 11.7. The van der Waals surface area contributed by atoms with Gasteiger partial charge in [-0.1, -0.05) is 13.8 Å². The smallest absolute Gasteiger partial charge is 0.232 e. The molecule has 2 aromatic heterocycles. The van der Waals surface area contributed by atoms with Gasteiger partial charge in [-0.25, -0.2) is 19.9 Å². The molecule has 0 bridgehead atoms. The Bertz CT molecular complexity index is 458. The minimum Gasteiger partial charge on any atom is -0.236 e. The van der Waals surface area contributed by atoms with Crippen LogP contribution in [0.2, 0.25) is 0 Å². The van der Waals surface area contributed by atoms with Crippen LogP contribution in [0.4, 0.5) is 0 Å². The molecule has 80 valence electrons. The van der Waals surface area contributed by atoms with Crippen molar-refractivity contribution < 1.29 is 0 Å². The molecular weight excluding hydrogens is 202 g/mol. The van der Waals surface area contributed by atoms with E-state index in [9.17, 15) is 0 Å². The van der Waals surface area contributed by atoms with E-state index in [4.69, 9.17) is 5.26 Å². The van der Waals surface area contributed by atoms with E-state index in [0.29, 0.717) is 11.4 Å². The van der Waals surface area contributed by atoms with E-state index in [0.717, 1.165) is 0 Å². The van der Waals surface area contributed by atoms with Crippen molar-refractivity contribution in [3.8, 4) is 17.5 Å². The van der Waals surface area contributed by atoms with Crippen LogP contribution in [0.15, 0.2) is 30.9 Å². The van der Waals surface area contributed by atoms with Crippen molar-refractivity contribution in [2.75, 3.05) is 0 Å². The van der Waals surface area contributed by atoms with Crippen LogP contribution in [0.25, 0.3) is 11.4 Å². The summed E-state index contributed by atoms with van der Waals surface area (Å²) in [5.74, 6) is 0.696. The summed E-state index contributed by atoms with van der Waals surface area (Å²) in [7, 11) is 0. The number of rotatable bonds is 1. The third kappa shape index (κ3) is 2.82. The Kier molecular flexibility index (Phi) is 4.54. The summed E-state index contributed by atoms with van der Waals surface area (Å²) in [6, 6.07) is 3.57. The first-order chi connectivity index (χ1) is 7.90. The molecule has 0 unspecified atom stereocenters. The molecule has 0 fully saturated rings. The van der Waals surface area contributed by atoms with E-state index < -0.39 is 0 Å². The van der Waals surface area contributed by atoms with Gasteiger partial charge in [-0.2, -0.15) is 5.26 Å². The number of hydrogen-bond acceptors (Lipinski definition) is 5. The van der Waals surface area contributed by atoms with Gasteiger partial charge < -0.3 is 0 Å². The molecule has 0 amide bonds. The van der Waals surface area contributed by atoms with Gasteiger partial charge in [0.05, 0.1) is 5.56 Å². The second-order valence-electron chi connectivity index (χ2n) is 2.48. The molecule has 0 radical (unpaired) electrons. The molecule has 2 aromatic rings. The van der Waals surface area contributed by atoms with Crippen LogP contribution < -0.4 is 0 Å². The number of nitriles is 1. The number of hydrogen-bond donors (Lipinski definition) is 0. The van der Waals surface area contributed by atoms with Crippen molar-refractivity contribution in [3.63, 3.8) is 0 Å². The van der Waals surface area contributed by atoms with Crippen molar-refractivity contribution >= 4 is 0 Å². The minimum atomic E-state index is 0.143. The first-order valence-corrected chi connectivity index (χ1v) is 4.89. The second-order valence-corrected chi connectivity index (χ2v) is 2.48. The molecule has 0 atom stereocenters. The summed E-state index contributed by atoms with van der Waals surface area (Å²) >= 11 is 0. The van der Waals surface area contributed by atoms with Crippen molar-refractivity contribution in [2.24, 2.45) is 0 Å². The maximum Gasteiger partial charge on any atom is 0.232 e. The van der Waals surface area contributed by atoms with Gasteiger partial charge in [-0.05, 0) is 6.07 Å². The minimum absolute atomic E-state index is 0.143. The highest BCUT2D eigenvalue weighted by Crippen LogP contribution is 2.09. The summed E-state index contributed by atoms with van der Waals surface area (Å²) in [5.41, 5.74) is 0.699. The lowest BCUT2D eigenvalue weighted by atomic mass is 10.3. The van der Waals surface area contributed by atoms with Crippen molar-refractivity contribution in [2.45, 2.75) is 13.8 Å². The Morgan fingerprint density at radius 2 is 1.56 bits per heavy atom. The van der Waals surface area contributed by atoms with E-state index in [2.05, 4.69) is 19.9 Å². The third-order valence-electron chi connectivity index (χ3n) is 1.58. The predicted octanol–water partition coefficient (Wildman–Crippen LogP) is 1.83. The highest BCUT2D eigenvalue weighted by atomic mass is 14.9. The molecule has 0 aliphatic heterocycles. The van der Waals surface area contributed by atoms with Gasteiger partial charge in [0, 0.05) is 24.8 Å². The molecule has 0 aromatic carbocycles. The van der Waals surface area contributed by atoms with Gasteiger partial charge in [-0.3, -0.25) is 0 Å². The third-order valence-corrected chi connectivity index (χ3v) is 1.58. The summed E-state index contributed by atoms with van der Waals surface area (Å²) in [4.78, 5) is 15.7. The van der Waals surface area contributed by atoms with Crippen LogP contribution in [-0.4, -0.2) is 19.9 Å². The topological polar surface area (TPSA) is 75.3 Å². The van der Waals surface area contributed by atoms with Gasteiger partial charge >= 0.3 is 0 Å². The molecule has 0 spiro atoms. The number of nitrogens with zero attached hydrogens (tertiary/aromatic N) is 5. The Morgan fingerprint density at radius 3 is 2.06 bits per heavy atom. The molecule has 0 saturated carbocycles. The lowest BCUT2D eigenvalue weighted by Crippen LogP contribution is -1.92. The Labute approximate surface area is 93.9 Å². The fourth-order valence-corrected chi connectivity index (χ4v) is 0.949. The maximum atomic E-state index is 8.49. The monoisotopic (exact) mass is 213 g/mol. The maximum absolute atomic E-state index is 8.49. The fourth-order valence-electron chi connectivity index (χ4n) is 0.949. The standard InChI is InChI=1S/C9H5N5.C2H6/c10-4-8-13-5-7(6-14-8)9-11-2-1-3-12-9;1-2/h1-3,5-6H;1-2H3. The average molecular weight is 213 g/mol. The molecule has 0 saturated heterocycles. The summed E-state index contributed by atoms with van der Waals surface area (Å²) < 4.78 is 0. The van der Waals surface area contributed by atoms with Crippen LogP contribution in [-0.2, 0) is 0 Å². The molecule has 16 heavy (non-hydrogen) atoms. The normalized spacial score (nSPS) is 8.56. The lowest BCUT2D eigenvalue weighted by Gasteiger charge is -1.96. The quantitative estimate of drug-likeness (QED) is 0.722. The summed E-state index contributed by atoms with van der Waals surface area (Å²) in [6.45, 7) is 4.00. The van der Waals surface area contributed by atoms with E-state index in [1.807, 2.05) is 19.9 Å². The Morgan fingerprint density at radius 1 is 1.00 bits per heavy atom. The molecule has 5 heteroatoms. The number of aromatic nitrogens is 4. The van der Waals surface area contributed by atoms with Crippen LogP contribution in [0.3, 0.4) is 0 Å². The van der Waals surface area contributed by atoms with Crippen LogP contribution in [0.1, 0.15) is 19.7 Å². The van der Waals surface area contributed by atoms with E-state index in [-0.39, 0.29) is 5.82 Å². The van der Waals surface area contributed by atoms with Crippen LogP contribution >= 0.6 is 0 Å². The zero-order chi connectivity index (χ0) is 11.8. The van der Waals surface area contributed by atoms with Crippen molar-refractivity contribution in [3.05, 3.63) is 36.7 Å². The Hall–Kier alpha value is -2.35. The Balaban J connectivity index is 0.000000606. The second kappa shape index (κ2) is 6.19. The SMILES string of the molecule is CC.N#Cc1ncc(-c2ncccn2)cn1. The van der Waals surface area contributed by atoms with Crippen molar-refractivity contribution in [1.82, 2.24) is 19.9 Å². The van der Waals surface area contributed by atoms with Gasteiger partial charge in [0.2, 0.25) is 5.82 Å². The lowest BCUT2D eigenvalue weighted by molar-refractivity contribution is 1.09. The van der Waals surface area contributed by atoms with Gasteiger partial charge in [-0.15, -0.1) is 0 Å². The fraction of sp³-hybridized carbons (Fsp3) is 0.182. The largest absolute Gasteiger partial charge is 0.236 e. The molecular formula is C11H11N5. The zero-order valence-corrected chi connectivity index (χ0v) is 9.12. The van der Waals surface area contributed by atoms with Gasteiger partial charge in [0.1, 0.15) is 6.07 Å². The molecule has 2 rings (SSSR count). The summed E-state index contributed by atoms with van der Waals surface area (Å²) in [6.07, 6.45) is 6.34. The molecule has 0 N–H and O–H groups in total. The van der Waals surface area contributed by atoms with E-state index in [1.165, 1.54) is 12.4 Å². The van der Waals surface area contributed by atoms with Gasteiger partial charge in [0.25, 0.3) is 0 Å². The van der Waals surface area contributed by atoms with Crippen LogP contribution in [0, 0.1) is 11.3 Å². The molecule has 2 heterocycles. The molecule has 0 aliphatic rings. The van der Waals surface area contributed by atoms with Gasteiger partial charge in [0.15, 0.2) is 5.82 Å². The first-order valence-electron chi connectivity index (χ1n) is 4.89.